The number of hydrogen-bond donors (Lipinski definition) is 0. The molecule has 0 spiro atoms. The minimum absolute atomic E-state index is 0.162. The van der Waals surface area contributed by atoms with Gasteiger partial charge in [0.05, 0.1) is 18.4 Å². The minimum Gasteiger partial charge on any atom is -0.464 e. The molecule has 178 valence electrons. The number of aryl methyl sites for hydroxylation is 1. The topological polar surface area (TPSA) is 69.5 Å². The molecule has 6 nitrogen and oxygen atoms in total. The Labute approximate surface area is 186 Å². The monoisotopic (exact) mass is 472 g/mol. The first-order valence-electron chi connectivity index (χ1n) is 9.46. The molecule has 2 aromatic carbocycles. The van der Waals surface area contributed by atoms with E-state index in [0.717, 1.165) is 26.2 Å². The maximum absolute atomic E-state index is 13.4. The zero-order valence-electron chi connectivity index (χ0n) is 18.2. The highest BCUT2D eigenvalue weighted by Crippen LogP contribution is 2.36. The third-order valence-electron chi connectivity index (χ3n) is 4.64. The smallest absolute Gasteiger partial charge is 0.417 e. The molecule has 0 aromatic heterocycles. The Hall–Kier alpha value is -3.50. The van der Waals surface area contributed by atoms with Gasteiger partial charge in [-0.2, -0.15) is 13.2 Å². The fourth-order valence-electron chi connectivity index (χ4n) is 3.13. The Morgan fingerprint density at radius 3 is 2.30 bits per heavy atom. The zero-order valence-corrected chi connectivity index (χ0v) is 18.2. The van der Waals surface area contributed by atoms with Gasteiger partial charge in [0.2, 0.25) is 0 Å². The molecule has 2 aromatic rings. The lowest BCUT2D eigenvalue weighted by Gasteiger charge is -2.16. The summed E-state index contributed by atoms with van der Waals surface area (Å²) >= 11 is 0. The largest absolute Gasteiger partial charge is 0.464 e. The molecule has 0 bridgehead atoms. The molecule has 0 aliphatic heterocycles. The summed E-state index contributed by atoms with van der Waals surface area (Å²) in [4.78, 5) is 22.0. The molecule has 0 atom stereocenters. The van der Waals surface area contributed by atoms with E-state index in [1.54, 1.807) is 25.1 Å². The minimum atomic E-state index is -4.87. The predicted molar refractivity (Wildman–Crippen MR) is 110 cm³/mol. The van der Waals surface area contributed by atoms with E-state index >= 15 is 0 Å². The van der Waals surface area contributed by atoms with Crippen molar-refractivity contribution in [2.45, 2.75) is 33.1 Å². The Bertz CT molecular complexity index is 1070. The Morgan fingerprint density at radius 2 is 1.73 bits per heavy atom. The van der Waals surface area contributed by atoms with Crippen LogP contribution in [0.25, 0.3) is 0 Å². The quantitative estimate of drug-likeness (QED) is 0.223. The van der Waals surface area contributed by atoms with Crippen molar-refractivity contribution >= 4 is 17.4 Å². The maximum atomic E-state index is 13.4. The number of halogens is 5. The molecule has 0 aliphatic rings. The number of oxime groups is 2. The van der Waals surface area contributed by atoms with Crippen LogP contribution >= 0.6 is 0 Å². The molecule has 0 heterocycles. The van der Waals surface area contributed by atoms with Crippen LogP contribution in [-0.2, 0) is 32.0 Å². The number of benzene rings is 2. The van der Waals surface area contributed by atoms with Crippen molar-refractivity contribution in [3.63, 3.8) is 0 Å². The number of methoxy groups -OCH3 is 1. The molecule has 0 N–H and O–H groups in total. The van der Waals surface area contributed by atoms with Gasteiger partial charge in [-0.3, -0.25) is 0 Å². The first-order valence-corrected chi connectivity index (χ1v) is 9.46. The highest BCUT2D eigenvalue weighted by Gasteiger charge is 2.36. The third kappa shape index (κ3) is 6.05. The second-order valence-corrected chi connectivity index (χ2v) is 6.73. The van der Waals surface area contributed by atoms with Crippen LogP contribution in [0, 0.1) is 6.92 Å². The molecule has 2 rings (SSSR count). The van der Waals surface area contributed by atoms with E-state index in [0.29, 0.717) is 22.8 Å². The molecular weight excluding hydrogens is 451 g/mol. The average molecular weight is 472 g/mol. The molecule has 0 radical (unpaired) electrons. The normalized spacial score (nSPS) is 12.7. The number of nitrogens with zero attached hydrogens (tertiary/aromatic N) is 2. The highest BCUT2D eigenvalue weighted by atomic mass is 19.4. The van der Waals surface area contributed by atoms with E-state index in [1.807, 2.05) is 0 Å². The fraction of sp³-hybridized carbons (Fsp3) is 0.318. The summed E-state index contributed by atoms with van der Waals surface area (Å²) in [6, 6.07) is 7.40. The molecule has 11 heteroatoms. The van der Waals surface area contributed by atoms with E-state index in [-0.39, 0.29) is 18.0 Å². The predicted octanol–water partition coefficient (Wildman–Crippen LogP) is 5.42. The van der Waals surface area contributed by atoms with E-state index < -0.39 is 35.3 Å². The van der Waals surface area contributed by atoms with Gasteiger partial charge in [-0.15, -0.1) is 0 Å². The van der Waals surface area contributed by atoms with Gasteiger partial charge in [-0.1, -0.05) is 40.6 Å². The molecule has 0 amide bonds. The number of ether oxygens (including phenoxy) is 1. The van der Waals surface area contributed by atoms with Gasteiger partial charge in [0.1, 0.15) is 13.7 Å². The van der Waals surface area contributed by atoms with Crippen molar-refractivity contribution < 1.29 is 41.2 Å². The summed E-state index contributed by atoms with van der Waals surface area (Å²) < 4.78 is 71.7. The summed E-state index contributed by atoms with van der Waals surface area (Å²) in [5.41, 5.74) is -1.99. The van der Waals surface area contributed by atoms with Gasteiger partial charge in [0.15, 0.2) is 5.71 Å². The van der Waals surface area contributed by atoms with Crippen LogP contribution in [0.4, 0.5) is 22.0 Å². The highest BCUT2D eigenvalue weighted by molar-refractivity contribution is 6.43. The van der Waals surface area contributed by atoms with E-state index in [4.69, 9.17) is 14.4 Å². The SMILES string of the molecule is CO/N=C(/C(=O)OC)c1cccc(C)c1CO/N=C(\C)c1c(C(F)F)cccc1C(F)(F)F. The second kappa shape index (κ2) is 10.9. The van der Waals surface area contributed by atoms with Gasteiger partial charge in [-0.25, -0.2) is 13.6 Å². The van der Waals surface area contributed by atoms with Crippen LogP contribution in [0.5, 0.6) is 0 Å². The fourth-order valence-corrected chi connectivity index (χ4v) is 3.13. The van der Waals surface area contributed by atoms with Crippen molar-refractivity contribution in [1.82, 2.24) is 0 Å². The van der Waals surface area contributed by atoms with Gasteiger partial charge in [-0.05, 0) is 25.5 Å². The Balaban J connectivity index is 2.45. The van der Waals surface area contributed by atoms with Gasteiger partial charge in [0.25, 0.3) is 6.43 Å². The van der Waals surface area contributed by atoms with Crippen molar-refractivity contribution in [3.8, 4) is 0 Å². The van der Waals surface area contributed by atoms with Gasteiger partial charge in [0, 0.05) is 22.3 Å². The summed E-state index contributed by atoms with van der Waals surface area (Å²) in [5, 5.41) is 7.33. The van der Waals surface area contributed by atoms with Crippen molar-refractivity contribution in [2.75, 3.05) is 14.2 Å². The summed E-state index contributed by atoms with van der Waals surface area (Å²) in [6.45, 7) is 2.55. The van der Waals surface area contributed by atoms with Crippen LogP contribution in [0.1, 0.15) is 46.7 Å². The number of esters is 1. The van der Waals surface area contributed by atoms with Gasteiger partial charge < -0.3 is 14.4 Å². The van der Waals surface area contributed by atoms with E-state index in [1.165, 1.54) is 7.11 Å². The van der Waals surface area contributed by atoms with E-state index in [9.17, 15) is 26.7 Å². The summed E-state index contributed by atoms with van der Waals surface area (Å²) in [7, 11) is 2.40. The first kappa shape index (κ1) is 25.8. The third-order valence-corrected chi connectivity index (χ3v) is 4.64. The number of carbonyl (C=O) groups excluding carboxylic acids is 1. The van der Waals surface area contributed by atoms with E-state index in [2.05, 4.69) is 10.3 Å². The Morgan fingerprint density at radius 1 is 1.06 bits per heavy atom. The second-order valence-electron chi connectivity index (χ2n) is 6.73. The average Bonchev–Trinajstić information content (AvgIpc) is 2.76. The number of rotatable bonds is 8. The zero-order chi connectivity index (χ0) is 24.8. The lowest BCUT2D eigenvalue weighted by molar-refractivity contribution is -0.138. The van der Waals surface area contributed by atoms with Gasteiger partial charge >= 0.3 is 12.1 Å². The number of hydrogen-bond acceptors (Lipinski definition) is 6. The number of alkyl halides is 5. The molecule has 0 saturated heterocycles. The van der Waals surface area contributed by atoms with Crippen LogP contribution in [-0.4, -0.2) is 31.6 Å². The van der Waals surface area contributed by atoms with Crippen molar-refractivity contribution in [3.05, 3.63) is 69.8 Å². The van der Waals surface area contributed by atoms with Crippen LogP contribution in [0.3, 0.4) is 0 Å². The van der Waals surface area contributed by atoms with Crippen molar-refractivity contribution in [1.29, 1.82) is 0 Å². The molecular formula is C22H21F5N2O4. The Kier molecular flexibility index (Phi) is 8.50. The van der Waals surface area contributed by atoms with Crippen LogP contribution in [0.2, 0.25) is 0 Å². The molecule has 0 saturated carbocycles. The summed E-state index contributed by atoms with van der Waals surface area (Å²) in [5.74, 6) is -0.788. The molecule has 33 heavy (non-hydrogen) atoms. The first-order chi connectivity index (χ1) is 15.5. The molecule has 0 unspecified atom stereocenters. The van der Waals surface area contributed by atoms with Crippen LogP contribution in [0.15, 0.2) is 46.7 Å². The van der Waals surface area contributed by atoms with Crippen LogP contribution < -0.4 is 0 Å². The lowest BCUT2D eigenvalue weighted by Crippen LogP contribution is -2.20. The standard InChI is InChI=1S/C22H21F5N2O4/c1-12-7-5-8-14(19(29-32-4)21(30)31-3)16(12)11-33-28-13(2)18-15(20(23)24)9-6-10-17(18)22(25,26)27/h5-10,20H,11H2,1-4H3/b28-13+,29-19+. The lowest BCUT2D eigenvalue weighted by atomic mass is 9.97. The summed E-state index contributed by atoms with van der Waals surface area (Å²) in [6.07, 6.45) is -8.02. The molecule has 0 fully saturated rings. The van der Waals surface area contributed by atoms with Crippen molar-refractivity contribution in [2.24, 2.45) is 10.3 Å². The maximum Gasteiger partial charge on any atom is 0.417 e. The number of carbonyl (C=O) groups is 1. The molecule has 0 aliphatic carbocycles.